The number of carbonyl (C=O) groups is 3. The van der Waals surface area contributed by atoms with Crippen molar-refractivity contribution in [2.24, 2.45) is 23.2 Å². The van der Waals surface area contributed by atoms with Crippen LogP contribution in [0.2, 0.25) is 0 Å². The molecule has 3 N–H and O–H groups in total. The monoisotopic (exact) mass is 760 g/mol. The summed E-state index contributed by atoms with van der Waals surface area (Å²) in [6, 6.07) is 4.86. The van der Waals surface area contributed by atoms with Crippen molar-refractivity contribution in [2.45, 2.75) is 108 Å². The van der Waals surface area contributed by atoms with Gasteiger partial charge in [-0.1, -0.05) is 24.3 Å². The molecule has 3 amide bonds. The van der Waals surface area contributed by atoms with Crippen molar-refractivity contribution in [1.82, 2.24) is 20.5 Å². The van der Waals surface area contributed by atoms with Gasteiger partial charge in [0.2, 0.25) is 11.8 Å². The van der Waals surface area contributed by atoms with Crippen LogP contribution >= 0.6 is 11.3 Å². The molecule has 1 saturated heterocycles. The number of ether oxygens (including phenoxy) is 1. The second-order valence-electron chi connectivity index (χ2n) is 16.1. The van der Waals surface area contributed by atoms with E-state index < -0.39 is 69.3 Å². The smallest absolute Gasteiger partial charge is 0.264 e. The Balaban J connectivity index is 1.12. The second-order valence-corrected chi connectivity index (χ2v) is 18.6. The van der Waals surface area contributed by atoms with Crippen LogP contribution in [0.25, 0.3) is 10.4 Å². The molecule has 2 aromatic rings. The lowest BCUT2D eigenvalue weighted by Gasteiger charge is -2.59. The molecule has 6 fully saturated rings. The summed E-state index contributed by atoms with van der Waals surface area (Å²) < 4.78 is 49.1. The molecular weight excluding hydrogens is 712 g/mol. The number of alkyl halides is 1. The Hall–Kier alpha value is -2.98. The summed E-state index contributed by atoms with van der Waals surface area (Å²) in [5.74, 6) is -0.330. The maximum Gasteiger partial charge on any atom is 0.264 e. The van der Waals surface area contributed by atoms with Gasteiger partial charge in [0.1, 0.15) is 12.1 Å². The topological polar surface area (TPSA) is 164 Å². The van der Waals surface area contributed by atoms with E-state index in [9.17, 15) is 27.9 Å². The Morgan fingerprint density at radius 2 is 1.67 bits per heavy atom. The molecule has 52 heavy (non-hydrogen) atoms. The van der Waals surface area contributed by atoms with E-state index in [-0.39, 0.29) is 39.0 Å². The van der Waals surface area contributed by atoms with Crippen LogP contribution in [0, 0.1) is 30.1 Å². The number of carbonyl (C=O) groups excluding carboxylic acids is 3. The minimum atomic E-state index is -3.69. The van der Waals surface area contributed by atoms with Gasteiger partial charge in [-0.3, -0.25) is 18.6 Å². The van der Waals surface area contributed by atoms with Crippen LogP contribution in [0.1, 0.15) is 82.0 Å². The number of aryl methyl sites for hydroxylation is 1. The Morgan fingerprint density at radius 3 is 2.23 bits per heavy atom. The number of nitrogens with one attached hydrogen (secondary N) is 2. The molecule has 8 rings (SSSR count). The van der Waals surface area contributed by atoms with Crippen molar-refractivity contribution in [2.75, 3.05) is 26.0 Å². The van der Waals surface area contributed by atoms with Crippen LogP contribution < -0.4 is 10.6 Å². The first kappa shape index (κ1) is 37.3. The van der Waals surface area contributed by atoms with Crippen LogP contribution in [0.3, 0.4) is 0 Å². The fourth-order valence-corrected chi connectivity index (χ4v) is 10.8. The van der Waals surface area contributed by atoms with Gasteiger partial charge in [-0.25, -0.2) is 9.37 Å². The van der Waals surface area contributed by atoms with Gasteiger partial charge in [-0.2, -0.15) is 8.42 Å². The van der Waals surface area contributed by atoms with Gasteiger partial charge in [0.05, 0.1) is 53.8 Å². The Labute approximate surface area is 308 Å². The van der Waals surface area contributed by atoms with Crippen LogP contribution in [-0.4, -0.2) is 97.1 Å². The number of β-amino-alcohol motifs (C(OH)–C–C–N with tert-alkyl or cyclic N) is 1. The van der Waals surface area contributed by atoms with E-state index in [1.165, 1.54) is 16.2 Å². The van der Waals surface area contributed by atoms with Crippen molar-refractivity contribution in [1.29, 1.82) is 0 Å². The van der Waals surface area contributed by atoms with E-state index in [0.717, 1.165) is 60.9 Å². The van der Waals surface area contributed by atoms with Crippen LogP contribution in [0.5, 0.6) is 0 Å². The van der Waals surface area contributed by atoms with Crippen molar-refractivity contribution < 1.29 is 41.2 Å². The number of thiazole rings is 1. The van der Waals surface area contributed by atoms with E-state index in [1.807, 2.05) is 31.2 Å². The molecule has 5 atom stereocenters. The summed E-state index contributed by atoms with van der Waals surface area (Å²) >= 11 is 1.52. The third-order valence-corrected chi connectivity index (χ3v) is 13.4. The van der Waals surface area contributed by atoms with Crippen molar-refractivity contribution >= 4 is 39.2 Å². The highest BCUT2D eigenvalue weighted by atomic mass is 32.2. The highest BCUT2D eigenvalue weighted by Crippen LogP contribution is 2.61. The summed E-state index contributed by atoms with van der Waals surface area (Å²) in [7, 11) is -3.69. The molecule has 284 valence electrons. The number of halogens is 1. The molecule has 0 radical (unpaired) electrons. The normalized spacial score (nSPS) is 30.5. The van der Waals surface area contributed by atoms with Crippen LogP contribution in [-0.2, 0) is 33.4 Å². The maximum atomic E-state index is 15.1. The summed E-state index contributed by atoms with van der Waals surface area (Å²) in [6.45, 7) is 3.26. The number of hydrogen-bond donors (Lipinski definition) is 3. The SMILES string of the molecule is Cc1ncsc1-c1ccc([C@H](CO[C@H](C)COS(C)(=O)=O)NC(=O)[C@@H]2C[C@@H](O)CN2C(=O)[C@@H](NC(=O)C2(F)CC2)C23CC4CC(CC(C4)C2)C3)cc1. The predicted molar refractivity (Wildman–Crippen MR) is 191 cm³/mol. The van der Waals surface area contributed by atoms with Crippen molar-refractivity contribution in [3.05, 3.63) is 41.0 Å². The zero-order valence-corrected chi connectivity index (χ0v) is 31.5. The molecule has 1 aliphatic heterocycles. The zero-order chi connectivity index (χ0) is 37.0. The van der Waals surface area contributed by atoms with Crippen molar-refractivity contribution in [3.63, 3.8) is 0 Å². The average molecular weight is 761 g/mol. The number of aliphatic hydroxyl groups is 1. The lowest BCUT2D eigenvalue weighted by atomic mass is 9.47. The number of likely N-dealkylation sites (tertiary alicyclic amines) is 1. The number of aromatic nitrogens is 1. The average Bonchev–Trinajstić information content (AvgIpc) is 3.49. The lowest BCUT2D eigenvalue weighted by molar-refractivity contribution is -0.153. The lowest BCUT2D eigenvalue weighted by Crippen LogP contribution is -2.64. The third kappa shape index (κ3) is 7.94. The molecule has 1 aromatic carbocycles. The molecule has 2 heterocycles. The molecule has 5 aliphatic carbocycles. The van der Waals surface area contributed by atoms with Gasteiger partial charge < -0.3 is 25.4 Å². The van der Waals surface area contributed by atoms with E-state index in [2.05, 4.69) is 15.6 Å². The minimum absolute atomic E-state index is 0.00192. The number of aliphatic hydroxyl groups excluding tert-OH is 1. The van der Waals surface area contributed by atoms with Gasteiger partial charge >= 0.3 is 0 Å². The number of hydrogen-bond acceptors (Lipinski definition) is 10. The number of rotatable bonds is 14. The molecule has 0 unspecified atom stereocenters. The zero-order valence-electron chi connectivity index (χ0n) is 29.9. The molecule has 5 saturated carbocycles. The van der Waals surface area contributed by atoms with Gasteiger partial charge in [-0.15, -0.1) is 11.3 Å². The Morgan fingerprint density at radius 1 is 1.04 bits per heavy atom. The fraction of sp³-hybridized carbons (Fsp3) is 0.676. The number of amides is 3. The highest BCUT2D eigenvalue weighted by molar-refractivity contribution is 7.85. The molecule has 0 spiro atoms. The Bertz CT molecular complexity index is 1750. The first-order valence-corrected chi connectivity index (χ1v) is 21.1. The summed E-state index contributed by atoms with van der Waals surface area (Å²) in [6.07, 6.45) is 5.29. The van der Waals surface area contributed by atoms with Crippen LogP contribution in [0.15, 0.2) is 29.8 Å². The van der Waals surface area contributed by atoms with E-state index in [1.54, 1.807) is 12.4 Å². The maximum absolute atomic E-state index is 15.1. The van der Waals surface area contributed by atoms with E-state index >= 15 is 4.39 Å². The largest absolute Gasteiger partial charge is 0.391 e. The number of benzene rings is 1. The molecule has 1 aromatic heterocycles. The van der Waals surface area contributed by atoms with Gasteiger partial charge in [0.15, 0.2) is 5.67 Å². The molecule has 6 aliphatic rings. The summed E-state index contributed by atoms with van der Waals surface area (Å²) in [5.41, 5.74) is 1.87. The molecule has 4 bridgehead atoms. The Kier molecular flexibility index (Phi) is 10.3. The van der Waals surface area contributed by atoms with Crippen LogP contribution in [0.4, 0.5) is 4.39 Å². The van der Waals surface area contributed by atoms with Gasteiger partial charge in [0.25, 0.3) is 16.0 Å². The first-order valence-electron chi connectivity index (χ1n) is 18.4. The fourth-order valence-electron chi connectivity index (χ4n) is 9.54. The first-order chi connectivity index (χ1) is 24.6. The van der Waals surface area contributed by atoms with E-state index in [4.69, 9.17) is 8.92 Å². The quantitative estimate of drug-likeness (QED) is 0.243. The standard InChI is InChI=1S/C37H49FN4O8S2/c1-21(18-50-52(3,47)48)49-19-29(26-4-6-27(7-5-26)31-22(2)39-20-51-31)40-33(44)30-13-28(43)17-42(30)34(45)32(41-35(46)37(38)8-9-37)36-14-23-10-24(15-36)12-25(11-23)16-36/h4-7,20-21,23-25,28-30,32,43H,8-19H2,1-3H3,(H,40,44)(H,41,46)/t21-,23?,24?,25?,28-,29+,30+,32-,36?/m1/s1. The molecule has 12 nitrogen and oxygen atoms in total. The second kappa shape index (κ2) is 14.3. The minimum Gasteiger partial charge on any atom is -0.391 e. The summed E-state index contributed by atoms with van der Waals surface area (Å²) in [4.78, 5) is 48.9. The van der Waals surface area contributed by atoms with Gasteiger partial charge in [-0.05, 0) is 94.1 Å². The molecule has 15 heteroatoms. The number of nitrogens with zero attached hydrogens (tertiary/aromatic N) is 2. The van der Waals surface area contributed by atoms with Crippen molar-refractivity contribution in [3.8, 4) is 10.4 Å². The third-order valence-electron chi connectivity index (χ3n) is 11.9. The van der Waals surface area contributed by atoms with E-state index in [0.29, 0.717) is 23.3 Å². The summed E-state index contributed by atoms with van der Waals surface area (Å²) in [5, 5.41) is 16.8. The van der Waals surface area contributed by atoms with Gasteiger partial charge in [0, 0.05) is 18.4 Å². The predicted octanol–water partition coefficient (Wildman–Crippen LogP) is 3.82. The highest BCUT2D eigenvalue weighted by Gasteiger charge is 2.60. The molecular formula is C37H49FN4O8S2.